The number of rotatable bonds is 8. The van der Waals surface area contributed by atoms with Crippen LogP contribution in [0.15, 0.2) is 54.6 Å². The summed E-state index contributed by atoms with van der Waals surface area (Å²) in [5.41, 5.74) is -0.543. The highest BCUT2D eigenvalue weighted by atomic mass is 16.3. The van der Waals surface area contributed by atoms with E-state index in [4.69, 9.17) is 0 Å². The van der Waals surface area contributed by atoms with Crippen LogP contribution in [0.5, 0.6) is 0 Å². The molecule has 2 aromatic rings. The Bertz CT molecular complexity index is 867. The molecule has 1 unspecified atom stereocenters. The molecule has 0 bridgehead atoms. The van der Waals surface area contributed by atoms with Gasteiger partial charge in [0, 0.05) is 6.42 Å². The number of carbonyl (C=O) groups excluding carboxylic acids is 3. The smallest absolute Gasteiger partial charge is 0.262 e. The van der Waals surface area contributed by atoms with Crippen LogP contribution in [0.1, 0.15) is 26.3 Å². The number of hydrogen-bond donors (Lipinski definition) is 4. The molecule has 0 aromatic heterocycles. The number of nitrogens with zero attached hydrogens (tertiary/aromatic N) is 1. The van der Waals surface area contributed by atoms with E-state index in [0.29, 0.717) is 5.56 Å². The summed E-state index contributed by atoms with van der Waals surface area (Å²) in [5, 5.41) is 31.0. The standard InChI is InChI=1S/C21H22N2O6/c24-11-21(12-25,13-26)22-18(27)17(10-14-6-2-1-3-7-14)23-19(28)15-8-4-5-9-16(15)20(23)29/h1-9,17,24-26H,10-13H2,(H,22,27). The van der Waals surface area contributed by atoms with E-state index in [1.54, 1.807) is 42.5 Å². The molecule has 1 aliphatic heterocycles. The Morgan fingerprint density at radius 2 is 1.34 bits per heavy atom. The molecule has 1 heterocycles. The van der Waals surface area contributed by atoms with Crippen molar-refractivity contribution in [2.45, 2.75) is 18.0 Å². The summed E-state index contributed by atoms with van der Waals surface area (Å²) in [6, 6.07) is 13.9. The number of aliphatic hydroxyl groups excluding tert-OH is 3. The van der Waals surface area contributed by atoms with Crippen molar-refractivity contribution < 1.29 is 29.7 Å². The normalized spacial score (nSPS) is 14.7. The molecule has 1 aliphatic rings. The maximum atomic E-state index is 13.1. The van der Waals surface area contributed by atoms with Crippen molar-refractivity contribution in [2.75, 3.05) is 19.8 Å². The maximum Gasteiger partial charge on any atom is 0.262 e. The molecule has 0 spiro atoms. The molecule has 0 saturated heterocycles. The average Bonchev–Trinajstić information content (AvgIpc) is 3.01. The molecule has 2 aromatic carbocycles. The van der Waals surface area contributed by atoms with Gasteiger partial charge in [-0.15, -0.1) is 0 Å². The summed E-state index contributed by atoms with van der Waals surface area (Å²) in [6.45, 7) is -2.15. The lowest BCUT2D eigenvalue weighted by atomic mass is 9.99. The number of amides is 3. The van der Waals surface area contributed by atoms with E-state index in [1.165, 1.54) is 12.1 Å². The lowest BCUT2D eigenvalue weighted by Crippen LogP contribution is -2.62. The number of imide groups is 1. The summed E-state index contributed by atoms with van der Waals surface area (Å²) in [4.78, 5) is 39.8. The first-order valence-corrected chi connectivity index (χ1v) is 9.12. The van der Waals surface area contributed by atoms with Gasteiger partial charge in [-0.2, -0.15) is 0 Å². The number of nitrogens with one attached hydrogen (secondary N) is 1. The van der Waals surface area contributed by atoms with Gasteiger partial charge < -0.3 is 20.6 Å². The zero-order chi connectivity index (χ0) is 21.0. The van der Waals surface area contributed by atoms with Gasteiger partial charge >= 0.3 is 0 Å². The van der Waals surface area contributed by atoms with E-state index in [2.05, 4.69) is 5.32 Å². The van der Waals surface area contributed by atoms with Crippen LogP contribution in [0.25, 0.3) is 0 Å². The Labute approximate surface area is 167 Å². The zero-order valence-corrected chi connectivity index (χ0v) is 15.6. The lowest BCUT2D eigenvalue weighted by molar-refractivity contribution is -0.129. The van der Waals surface area contributed by atoms with Crippen molar-refractivity contribution in [1.29, 1.82) is 0 Å². The molecular formula is C21H22N2O6. The van der Waals surface area contributed by atoms with E-state index in [0.717, 1.165) is 4.90 Å². The van der Waals surface area contributed by atoms with E-state index in [-0.39, 0.29) is 17.5 Å². The molecule has 0 aliphatic carbocycles. The monoisotopic (exact) mass is 398 g/mol. The number of hydrogen-bond acceptors (Lipinski definition) is 6. The summed E-state index contributed by atoms with van der Waals surface area (Å²) in [6.07, 6.45) is 0.0382. The molecule has 152 valence electrons. The van der Waals surface area contributed by atoms with Crippen molar-refractivity contribution in [1.82, 2.24) is 10.2 Å². The Morgan fingerprint density at radius 3 is 1.83 bits per heavy atom. The minimum absolute atomic E-state index is 0.0382. The third-order valence-electron chi connectivity index (χ3n) is 5.01. The van der Waals surface area contributed by atoms with Crippen LogP contribution in [0.3, 0.4) is 0 Å². The van der Waals surface area contributed by atoms with Gasteiger partial charge in [-0.1, -0.05) is 42.5 Å². The molecule has 1 atom stereocenters. The van der Waals surface area contributed by atoms with Gasteiger partial charge in [-0.25, -0.2) is 0 Å². The molecule has 8 heteroatoms. The van der Waals surface area contributed by atoms with E-state index < -0.39 is 49.1 Å². The number of carbonyl (C=O) groups is 3. The van der Waals surface area contributed by atoms with Crippen molar-refractivity contribution >= 4 is 17.7 Å². The Kier molecular flexibility index (Phi) is 6.07. The number of aliphatic hydroxyl groups is 3. The Balaban J connectivity index is 1.97. The van der Waals surface area contributed by atoms with Crippen LogP contribution in [-0.2, 0) is 11.2 Å². The lowest BCUT2D eigenvalue weighted by Gasteiger charge is -2.33. The number of fused-ring (bicyclic) bond motifs is 1. The second-order valence-electron chi connectivity index (χ2n) is 6.98. The number of benzene rings is 2. The fraction of sp³-hybridized carbons (Fsp3) is 0.286. The molecule has 0 radical (unpaired) electrons. The average molecular weight is 398 g/mol. The quantitative estimate of drug-likeness (QED) is 0.453. The first kappa shape index (κ1) is 20.7. The van der Waals surface area contributed by atoms with Crippen LogP contribution in [0, 0.1) is 0 Å². The zero-order valence-electron chi connectivity index (χ0n) is 15.6. The molecule has 0 saturated carbocycles. The minimum Gasteiger partial charge on any atom is -0.394 e. The second-order valence-corrected chi connectivity index (χ2v) is 6.98. The molecule has 4 N–H and O–H groups in total. The van der Waals surface area contributed by atoms with Gasteiger partial charge in [-0.05, 0) is 17.7 Å². The van der Waals surface area contributed by atoms with Crippen molar-refractivity contribution in [3.63, 3.8) is 0 Å². The van der Waals surface area contributed by atoms with E-state index >= 15 is 0 Å². The molecule has 8 nitrogen and oxygen atoms in total. The molecular weight excluding hydrogens is 376 g/mol. The first-order valence-electron chi connectivity index (χ1n) is 9.12. The highest BCUT2D eigenvalue weighted by molar-refractivity contribution is 6.22. The SMILES string of the molecule is O=C(NC(CO)(CO)CO)C(Cc1ccccc1)N1C(=O)c2ccccc2C1=O. The van der Waals surface area contributed by atoms with Gasteiger partial charge in [0.05, 0.1) is 30.9 Å². The fourth-order valence-corrected chi connectivity index (χ4v) is 3.24. The minimum atomic E-state index is -1.68. The van der Waals surface area contributed by atoms with Crippen molar-refractivity contribution in [2.24, 2.45) is 0 Å². The van der Waals surface area contributed by atoms with Gasteiger partial charge in [0.2, 0.25) is 5.91 Å². The van der Waals surface area contributed by atoms with E-state index in [1.807, 2.05) is 0 Å². The third kappa shape index (κ3) is 3.91. The fourth-order valence-electron chi connectivity index (χ4n) is 3.24. The van der Waals surface area contributed by atoms with E-state index in [9.17, 15) is 29.7 Å². The van der Waals surface area contributed by atoms with Crippen molar-refractivity contribution in [3.05, 3.63) is 71.3 Å². The first-order chi connectivity index (χ1) is 14.0. The highest BCUT2D eigenvalue weighted by Gasteiger charge is 2.44. The van der Waals surface area contributed by atoms with Gasteiger partial charge in [0.15, 0.2) is 0 Å². The van der Waals surface area contributed by atoms with Crippen LogP contribution in [0.4, 0.5) is 0 Å². The van der Waals surface area contributed by atoms with Gasteiger partial charge in [0.1, 0.15) is 11.6 Å². The molecule has 3 amide bonds. The summed E-state index contributed by atoms with van der Waals surface area (Å²) in [7, 11) is 0. The Morgan fingerprint density at radius 1 is 0.862 bits per heavy atom. The highest BCUT2D eigenvalue weighted by Crippen LogP contribution is 2.26. The molecule has 29 heavy (non-hydrogen) atoms. The Hall–Kier alpha value is -3.07. The maximum absolute atomic E-state index is 13.1. The third-order valence-corrected chi connectivity index (χ3v) is 5.01. The van der Waals surface area contributed by atoms with Gasteiger partial charge in [0.25, 0.3) is 11.8 Å². The van der Waals surface area contributed by atoms with Crippen molar-refractivity contribution in [3.8, 4) is 0 Å². The van der Waals surface area contributed by atoms with Crippen LogP contribution >= 0.6 is 0 Å². The second kappa shape index (κ2) is 8.52. The summed E-state index contributed by atoms with van der Waals surface area (Å²) in [5.74, 6) is -1.95. The molecule has 0 fully saturated rings. The predicted molar refractivity (Wildman–Crippen MR) is 103 cm³/mol. The largest absolute Gasteiger partial charge is 0.394 e. The molecule has 3 rings (SSSR count). The predicted octanol–water partition coefficient (Wildman–Crippen LogP) is -0.274. The summed E-state index contributed by atoms with van der Waals surface area (Å²) >= 11 is 0. The topological polar surface area (TPSA) is 127 Å². The summed E-state index contributed by atoms with van der Waals surface area (Å²) < 4.78 is 0. The van der Waals surface area contributed by atoms with Crippen LogP contribution < -0.4 is 5.32 Å². The van der Waals surface area contributed by atoms with Gasteiger partial charge in [-0.3, -0.25) is 19.3 Å². The van der Waals surface area contributed by atoms with Crippen LogP contribution in [0.2, 0.25) is 0 Å². The van der Waals surface area contributed by atoms with Crippen LogP contribution in [-0.4, -0.2) is 69.3 Å².